The second kappa shape index (κ2) is 9.23. The van der Waals surface area contributed by atoms with E-state index in [4.69, 9.17) is 9.97 Å². The van der Waals surface area contributed by atoms with Crippen molar-refractivity contribution in [3.63, 3.8) is 0 Å². The lowest BCUT2D eigenvalue weighted by Gasteiger charge is -2.24. The van der Waals surface area contributed by atoms with Gasteiger partial charge in [-0.3, -0.25) is 0 Å². The summed E-state index contributed by atoms with van der Waals surface area (Å²) in [6.07, 6.45) is 0. The molecule has 3 heteroatoms. The number of aromatic nitrogens is 3. The number of hydrogen-bond acceptors (Lipinski definition) is 2. The molecule has 0 fully saturated rings. The minimum absolute atomic E-state index is 0.272. The van der Waals surface area contributed by atoms with Gasteiger partial charge in [0.1, 0.15) is 0 Å². The number of rotatable bonds is 3. The predicted molar refractivity (Wildman–Crippen MR) is 182 cm³/mol. The van der Waals surface area contributed by atoms with E-state index in [0.29, 0.717) is 0 Å². The molecule has 0 unspecified atom stereocenters. The van der Waals surface area contributed by atoms with Gasteiger partial charge >= 0.3 is 0 Å². The molecule has 0 radical (unpaired) electrons. The van der Waals surface area contributed by atoms with E-state index in [9.17, 15) is 0 Å². The van der Waals surface area contributed by atoms with E-state index < -0.39 is 0 Å². The summed E-state index contributed by atoms with van der Waals surface area (Å²) in [7, 11) is 0. The molecule has 0 N–H and O–H groups in total. The van der Waals surface area contributed by atoms with Gasteiger partial charge in [0.05, 0.1) is 22.4 Å². The van der Waals surface area contributed by atoms with Crippen LogP contribution < -0.4 is 0 Å². The first-order valence-corrected chi connectivity index (χ1v) is 15.2. The smallest absolute Gasteiger partial charge is 0.160 e. The van der Waals surface area contributed by atoms with Crippen molar-refractivity contribution < 1.29 is 0 Å². The van der Waals surface area contributed by atoms with Crippen LogP contribution in [-0.4, -0.2) is 14.5 Å². The summed E-state index contributed by atoms with van der Waals surface area (Å²) in [6.45, 7) is 4.64. The van der Waals surface area contributed by atoms with Crippen molar-refractivity contribution in [3.05, 3.63) is 151 Å². The van der Waals surface area contributed by atoms with Crippen LogP contribution in [0.3, 0.4) is 0 Å². The lowest BCUT2D eigenvalue weighted by Crippen LogP contribution is -2.17. The highest BCUT2D eigenvalue weighted by Gasteiger charge is 2.40. The molecular formula is C41H29N3. The molecule has 9 rings (SSSR count). The first-order valence-electron chi connectivity index (χ1n) is 15.2. The van der Waals surface area contributed by atoms with Gasteiger partial charge in [0.15, 0.2) is 5.82 Å². The van der Waals surface area contributed by atoms with Gasteiger partial charge in [0.2, 0.25) is 0 Å². The zero-order valence-corrected chi connectivity index (χ0v) is 24.6. The molecule has 6 aromatic carbocycles. The van der Waals surface area contributed by atoms with Crippen LogP contribution in [-0.2, 0) is 5.41 Å². The standard InChI is InChI=1S/C41H29N3/c1-41(2)34-25-28-16-10-9-15-27(28)23-33(34)39-37(41)38(42-40(43-39)26-13-5-3-6-14-26)29-21-22-36-32(24-29)31-19-11-12-20-35(31)44(36)30-17-7-4-8-18-30/h3-25H,1-2H3. The average Bonchev–Trinajstić information content (AvgIpc) is 3.52. The molecule has 0 aliphatic heterocycles. The van der Waals surface area contributed by atoms with Crippen molar-refractivity contribution in [2.24, 2.45) is 0 Å². The number of hydrogen-bond donors (Lipinski definition) is 0. The maximum atomic E-state index is 5.37. The highest BCUT2D eigenvalue weighted by molar-refractivity contribution is 6.10. The molecule has 3 nitrogen and oxygen atoms in total. The number of fused-ring (bicyclic) bond motifs is 7. The van der Waals surface area contributed by atoms with E-state index >= 15 is 0 Å². The van der Waals surface area contributed by atoms with Crippen molar-refractivity contribution in [2.45, 2.75) is 19.3 Å². The Morgan fingerprint density at radius 1 is 0.523 bits per heavy atom. The third-order valence-electron chi connectivity index (χ3n) is 9.34. The topological polar surface area (TPSA) is 30.7 Å². The minimum atomic E-state index is -0.272. The number of nitrogens with zero attached hydrogens (tertiary/aromatic N) is 3. The van der Waals surface area contributed by atoms with E-state index in [2.05, 4.69) is 152 Å². The third kappa shape index (κ3) is 3.56. The van der Waals surface area contributed by atoms with E-state index in [1.165, 1.54) is 49.3 Å². The highest BCUT2D eigenvalue weighted by atomic mass is 15.0. The van der Waals surface area contributed by atoms with Gasteiger partial charge in [-0.15, -0.1) is 0 Å². The summed E-state index contributed by atoms with van der Waals surface area (Å²) >= 11 is 0. The van der Waals surface area contributed by atoms with Gasteiger partial charge in [0.25, 0.3) is 0 Å². The van der Waals surface area contributed by atoms with E-state index in [1.54, 1.807) is 0 Å². The van der Waals surface area contributed by atoms with Gasteiger partial charge < -0.3 is 4.57 Å². The van der Waals surface area contributed by atoms with Crippen LogP contribution in [0.1, 0.15) is 25.0 Å². The molecule has 0 bridgehead atoms. The summed E-state index contributed by atoms with van der Waals surface area (Å²) in [5, 5.41) is 4.93. The second-order valence-corrected chi connectivity index (χ2v) is 12.3. The Kier molecular flexibility index (Phi) is 5.24. The van der Waals surface area contributed by atoms with Gasteiger partial charge in [-0.1, -0.05) is 111 Å². The van der Waals surface area contributed by atoms with Crippen LogP contribution in [0.5, 0.6) is 0 Å². The maximum Gasteiger partial charge on any atom is 0.160 e. The van der Waals surface area contributed by atoms with Crippen LogP contribution in [0.2, 0.25) is 0 Å². The fourth-order valence-electron chi connectivity index (χ4n) is 7.24. The van der Waals surface area contributed by atoms with Gasteiger partial charge in [-0.05, 0) is 58.8 Å². The fraction of sp³-hybridized carbons (Fsp3) is 0.0732. The Bertz CT molecular complexity index is 2400. The van der Waals surface area contributed by atoms with Crippen LogP contribution >= 0.6 is 0 Å². The quantitative estimate of drug-likeness (QED) is 0.214. The van der Waals surface area contributed by atoms with Crippen LogP contribution in [0.15, 0.2) is 140 Å². The molecule has 44 heavy (non-hydrogen) atoms. The molecule has 0 saturated heterocycles. The molecule has 8 aromatic rings. The van der Waals surface area contributed by atoms with Gasteiger partial charge in [-0.2, -0.15) is 0 Å². The Hall–Kier alpha value is -5.54. The maximum absolute atomic E-state index is 5.37. The summed E-state index contributed by atoms with van der Waals surface area (Å²) in [6, 6.07) is 49.8. The monoisotopic (exact) mass is 563 g/mol. The zero-order valence-electron chi connectivity index (χ0n) is 24.6. The van der Waals surface area contributed by atoms with Crippen molar-refractivity contribution in [1.29, 1.82) is 0 Å². The third-order valence-corrected chi connectivity index (χ3v) is 9.34. The van der Waals surface area contributed by atoms with Gasteiger partial charge in [0, 0.05) is 44.1 Å². The van der Waals surface area contributed by atoms with Crippen molar-refractivity contribution in [2.75, 3.05) is 0 Å². The largest absolute Gasteiger partial charge is 0.309 e. The molecule has 0 saturated carbocycles. The van der Waals surface area contributed by atoms with Gasteiger partial charge in [-0.25, -0.2) is 9.97 Å². The van der Waals surface area contributed by atoms with Crippen LogP contribution in [0.25, 0.3) is 72.2 Å². The lowest BCUT2D eigenvalue weighted by molar-refractivity contribution is 0.658. The summed E-state index contributed by atoms with van der Waals surface area (Å²) in [4.78, 5) is 10.7. The predicted octanol–water partition coefficient (Wildman–Crippen LogP) is 10.4. The first-order chi connectivity index (χ1) is 21.6. The summed E-state index contributed by atoms with van der Waals surface area (Å²) in [5.41, 5.74) is 11.1. The average molecular weight is 564 g/mol. The number of benzene rings is 6. The van der Waals surface area contributed by atoms with E-state index in [0.717, 1.165) is 34.0 Å². The fourth-order valence-corrected chi connectivity index (χ4v) is 7.24. The zero-order chi connectivity index (χ0) is 29.4. The molecular weight excluding hydrogens is 534 g/mol. The van der Waals surface area contributed by atoms with Crippen LogP contribution in [0, 0.1) is 0 Å². The highest BCUT2D eigenvalue weighted by Crippen LogP contribution is 2.52. The van der Waals surface area contributed by atoms with Crippen molar-refractivity contribution >= 4 is 32.6 Å². The van der Waals surface area contributed by atoms with E-state index in [-0.39, 0.29) is 5.41 Å². The Balaban J connectivity index is 1.35. The molecule has 1 aliphatic rings. The number of para-hydroxylation sites is 2. The molecule has 2 heterocycles. The molecule has 0 amide bonds. The van der Waals surface area contributed by atoms with Crippen LogP contribution in [0.4, 0.5) is 0 Å². The Morgan fingerprint density at radius 2 is 1.16 bits per heavy atom. The Morgan fingerprint density at radius 3 is 1.95 bits per heavy atom. The molecule has 0 atom stereocenters. The summed E-state index contributed by atoms with van der Waals surface area (Å²) < 4.78 is 2.36. The first kappa shape index (κ1) is 25.0. The molecule has 1 aliphatic carbocycles. The van der Waals surface area contributed by atoms with Crippen molar-refractivity contribution in [3.8, 4) is 39.6 Å². The SMILES string of the molecule is CC1(C)c2cc3ccccc3cc2-c2nc(-c3ccccc3)nc(-c3ccc4c(c3)c3ccccc3n4-c3ccccc3)c21. The summed E-state index contributed by atoms with van der Waals surface area (Å²) in [5.74, 6) is 0.753. The molecule has 2 aromatic heterocycles. The molecule has 0 spiro atoms. The second-order valence-electron chi connectivity index (χ2n) is 12.3. The normalized spacial score (nSPS) is 13.4. The Labute approximate surface area is 256 Å². The minimum Gasteiger partial charge on any atom is -0.309 e. The van der Waals surface area contributed by atoms with Crippen molar-refractivity contribution in [1.82, 2.24) is 14.5 Å². The van der Waals surface area contributed by atoms with E-state index in [1.807, 2.05) is 6.07 Å². The lowest BCUT2D eigenvalue weighted by atomic mass is 9.80. The molecule has 208 valence electrons.